The summed E-state index contributed by atoms with van der Waals surface area (Å²) in [5.74, 6) is -0.564. The second kappa shape index (κ2) is 10.0. The fourth-order valence-corrected chi connectivity index (χ4v) is 2.15. The molecule has 0 radical (unpaired) electrons. The van der Waals surface area contributed by atoms with Gasteiger partial charge in [0.1, 0.15) is 0 Å². The SMILES string of the molecule is CCOC(=O)CN(C)CC(=O)Nc1ccc(N=Nc2ccccc2)cc1. The van der Waals surface area contributed by atoms with Crippen LogP contribution in [0.1, 0.15) is 6.92 Å². The largest absolute Gasteiger partial charge is 0.465 e. The third-order valence-electron chi connectivity index (χ3n) is 3.31. The second-order valence-corrected chi connectivity index (χ2v) is 5.61. The van der Waals surface area contributed by atoms with Crippen molar-refractivity contribution in [3.05, 3.63) is 54.6 Å². The molecule has 0 aromatic heterocycles. The van der Waals surface area contributed by atoms with E-state index in [-0.39, 0.29) is 25.0 Å². The zero-order chi connectivity index (χ0) is 18.8. The molecule has 1 amide bonds. The van der Waals surface area contributed by atoms with Crippen LogP contribution < -0.4 is 5.32 Å². The van der Waals surface area contributed by atoms with Gasteiger partial charge >= 0.3 is 5.97 Å². The maximum atomic E-state index is 12.0. The lowest BCUT2D eigenvalue weighted by molar-refractivity contribution is -0.144. The number of amides is 1. The Labute approximate surface area is 152 Å². The topological polar surface area (TPSA) is 83.4 Å². The van der Waals surface area contributed by atoms with Crippen molar-refractivity contribution >= 4 is 28.9 Å². The van der Waals surface area contributed by atoms with Crippen LogP contribution in [0.2, 0.25) is 0 Å². The third kappa shape index (κ3) is 6.82. The van der Waals surface area contributed by atoms with Crippen LogP contribution in [-0.4, -0.2) is 43.5 Å². The van der Waals surface area contributed by atoms with Crippen LogP contribution in [0.4, 0.5) is 17.1 Å². The smallest absolute Gasteiger partial charge is 0.320 e. The van der Waals surface area contributed by atoms with Gasteiger partial charge in [0.05, 0.1) is 31.1 Å². The van der Waals surface area contributed by atoms with E-state index in [1.807, 2.05) is 30.3 Å². The van der Waals surface area contributed by atoms with Crippen molar-refractivity contribution in [3.63, 3.8) is 0 Å². The van der Waals surface area contributed by atoms with Crippen LogP contribution in [0.15, 0.2) is 64.8 Å². The molecule has 2 aromatic rings. The molecule has 0 heterocycles. The van der Waals surface area contributed by atoms with Crippen LogP contribution in [0.25, 0.3) is 0 Å². The van der Waals surface area contributed by atoms with E-state index in [1.165, 1.54) is 0 Å². The van der Waals surface area contributed by atoms with E-state index >= 15 is 0 Å². The quantitative estimate of drug-likeness (QED) is 0.580. The van der Waals surface area contributed by atoms with Crippen LogP contribution >= 0.6 is 0 Å². The lowest BCUT2D eigenvalue weighted by Gasteiger charge is -2.15. The zero-order valence-electron chi connectivity index (χ0n) is 14.9. The highest BCUT2D eigenvalue weighted by Crippen LogP contribution is 2.19. The molecule has 0 aliphatic carbocycles. The number of nitrogens with one attached hydrogen (secondary N) is 1. The molecular weight excluding hydrogens is 332 g/mol. The summed E-state index contributed by atoms with van der Waals surface area (Å²) < 4.78 is 4.85. The number of hydrogen-bond donors (Lipinski definition) is 1. The molecule has 2 aromatic carbocycles. The maximum Gasteiger partial charge on any atom is 0.320 e. The Morgan fingerprint density at radius 2 is 1.58 bits per heavy atom. The number of nitrogens with zero attached hydrogens (tertiary/aromatic N) is 3. The fraction of sp³-hybridized carbons (Fsp3) is 0.263. The molecule has 2 rings (SSSR count). The molecule has 0 saturated carbocycles. The van der Waals surface area contributed by atoms with Gasteiger partial charge in [-0.15, -0.1) is 0 Å². The first-order chi connectivity index (χ1) is 12.6. The Morgan fingerprint density at radius 1 is 0.962 bits per heavy atom. The first-order valence-corrected chi connectivity index (χ1v) is 8.27. The lowest BCUT2D eigenvalue weighted by atomic mass is 10.3. The molecule has 0 aliphatic heterocycles. The molecule has 1 N–H and O–H groups in total. The van der Waals surface area contributed by atoms with E-state index in [1.54, 1.807) is 43.1 Å². The van der Waals surface area contributed by atoms with Gasteiger partial charge in [-0.1, -0.05) is 18.2 Å². The second-order valence-electron chi connectivity index (χ2n) is 5.61. The molecule has 136 valence electrons. The number of likely N-dealkylation sites (N-methyl/N-ethyl adjacent to an activating group) is 1. The summed E-state index contributed by atoms with van der Waals surface area (Å²) in [6, 6.07) is 16.5. The normalized spacial score (nSPS) is 10.9. The number of esters is 1. The molecule has 0 atom stereocenters. The number of carbonyl (C=O) groups is 2. The van der Waals surface area contributed by atoms with E-state index in [9.17, 15) is 9.59 Å². The predicted molar refractivity (Wildman–Crippen MR) is 99.8 cm³/mol. The van der Waals surface area contributed by atoms with Gasteiger partial charge in [0.2, 0.25) is 5.91 Å². The van der Waals surface area contributed by atoms with Gasteiger partial charge in [-0.05, 0) is 50.4 Å². The number of rotatable bonds is 8. The van der Waals surface area contributed by atoms with Crippen LogP contribution in [0.5, 0.6) is 0 Å². The molecule has 0 bridgehead atoms. The third-order valence-corrected chi connectivity index (χ3v) is 3.31. The van der Waals surface area contributed by atoms with Gasteiger partial charge < -0.3 is 10.1 Å². The standard InChI is InChI=1S/C19H22N4O3/c1-3-26-19(25)14-23(2)13-18(24)20-15-9-11-17(12-10-15)22-21-16-7-5-4-6-8-16/h4-12H,3,13-14H2,1-2H3,(H,20,24). The first kappa shape index (κ1) is 19.3. The summed E-state index contributed by atoms with van der Waals surface area (Å²) in [5.41, 5.74) is 2.11. The summed E-state index contributed by atoms with van der Waals surface area (Å²) in [6.07, 6.45) is 0. The lowest BCUT2D eigenvalue weighted by Crippen LogP contribution is -2.34. The average molecular weight is 354 g/mol. The van der Waals surface area contributed by atoms with Crippen molar-refractivity contribution in [2.45, 2.75) is 6.92 Å². The first-order valence-electron chi connectivity index (χ1n) is 8.27. The van der Waals surface area contributed by atoms with Crippen molar-refractivity contribution in [2.24, 2.45) is 10.2 Å². The van der Waals surface area contributed by atoms with Crippen molar-refractivity contribution in [1.29, 1.82) is 0 Å². The molecule has 0 fully saturated rings. The Balaban J connectivity index is 1.83. The van der Waals surface area contributed by atoms with E-state index in [0.29, 0.717) is 18.0 Å². The van der Waals surface area contributed by atoms with E-state index < -0.39 is 0 Å². The summed E-state index contributed by atoms with van der Waals surface area (Å²) in [4.78, 5) is 25.0. The van der Waals surface area contributed by atoms with Gasteiger partial charge in [0, 0.05) is 5.69 Å². The van der Waals surface area contributed by atoms with Gasteiger partial charge in [0.15, 0.2) is 0 Å². The summed E-state index contributed by atoms with van der Waals surface area (Å²) in [7, 11) is 1.68. The molecule has 0 aliphatic rings. The Bertz CT molecular complexity index is 745. The zero-order valence-corrected chi connectivity index (χ0v) is 14.9. The minimum absolute atomic E-state index is 0.0695. The van der Waals surface area contributed by atoms with Crippen molar-refractivity contribution in [2.75, 3.05) is 32.1 Å². The van der Waals surface area contributed by atoms with Gasteiger partial charge in [-0.25, -0.2) is 0 Å². The van der Waals surface area contributed by atoms with Crippen LogP contribution in [-0.2, 0) is 14.3 Å². The number of anilines is 1. The van der Waals surface area contributed by atoms with Crippen LogP contribution in [0.3, 0.4) is 0 Å². The monoisotopic (exact) mass is 354 g/mol. The van der Waals surface area contributed by atoms with Crippen molar-refractivity contribution < 1.29 is 14.3 Å². The summed E-state index contributed by atoms with van der Waals surface area (Å²) >= 11 is 0. The van der Waals surface area contributed by atoms with Gasteiger partial charge in [0.25, 0.3) is 0 Å². The molecule has 7 heteroatoms. The number of ether oxygens (including phenoxy) is 1. The van der Waals surface area contributed by atoms with E-state index in [2.05, 4.69) is 15.5 Å². The average Bonchev–Trinajstić information content (AvgIpc) is 2.62. The summed E-state index contributed by atoms with van der Waals surface area (Å²) in [5, 5.41) is 11.1. The Hall–Kier alpha value is -3.06. The number of carbonyl (C=O) groups excluding carboxylic acids is 2. The molecule has 7 nitrogen and oxygen atoms in total. The fourth-order valence-electron chi connectivity index (χ4n) is 2.15. The molecule has 26 heavy (non-hydrogen) atoms. The van der Waals surface area contributed by atoms with Gasteiger partial charge in [-0.2, -0.15) is 10.2 Å². The Kier molecular flexibility index (Phi) is 7.45. The van der Waals surface area contributed by atoms with E-state index in [4.69, 9.17) is 4.74 Å². The predicted octanol–water partition coefficient (Wildman–Crippen LogP) is 3.54. The minimum Gasteiger partial charge on any atom is -0.465 e. The highest BCUT2D eigenvalue weighted by Gasteiger charge is 2.11. The Morgan fingerprint density at radius 3 is 2.19 bits per heavy atom. The molecular formula is C19H22N4O3. The van der Waals surface area contributed by atoms with E-state index in [0.717, 1.165) is 5.69 Å². The summed E-state index contributed by atoms with van der Waals surface area (Å²) in [6.45, 7) is 2.23. The highest BCUT2D eigenvalue weighted by atomic mass is 16.5. The molecule has 0 unspecified atom stereocenters. The number of azo groups is 1. The van der Waals surface area contributed by atoms with Gasteiger partial charge in [-0.3, -0.25) is 14.5 Å². The highest BCUT2D eigenvalue weighted by molar-refractivity contribution is 5.92. The molecule has 0 saturated heterocycles. The minimum atomic E-state index is -0.351. The van der Waals surface area contributed by atoms with Crippen LogP contribution in [0, 0.1) is 0 Å². The van der Waals surface area contributed by atoms with Crippen molar-refractivity contribution in [1.82, 2.24) is 4.90 Å². The number of benzene rings is 2. The molecule has 0 spiro atoms. The van der Waals surface area contributed by atoms with Crippen molar-refractivity contribution in [3.8, 4) is 0 Å². The maximum absolute atomic E-state index is 12.0. The number of hydrogen-bond acceptors (Lipinski definition) is 6.